The minimum absolute atomic E-state index is 0.0886. The number of methoxy groups -OCH3 is 2. The molecule has 40 heavy (non-hydrogen) atoms. The van der Waals surface area contributed by atoms with E-state index in [0.717, 1.165) is 9.87 Å². The monoisotopic (exact) mass is 607 g/mol. The molecule has 0 bridgehead atoms. The predicted molar refractivity (Wildman–Crippen MR) is 152 cm³/mol. The maximum Gasteiger partial charge on any atom is 0.264 e. The Morgan fingerprint density at radius 2 is 1.40 bits per heavy atom. The molecule has 1 saturated heterocycles. The Bertz CT molecular complexity index is 1570. The van der Waals surface area contributed by atoms with Gasteiger partial charge in [0, 0.05) is 37.3 Å². The molecule has 0 unspecified atom stereocenters. The van der Waals surface area contributed by atoms with Crippen molar-refractivity contribution in [1.82, 2.24) is 9.21 Å². The van der Waals surface area contributed by atoms with Crippen LogP contribution in [0.15, 0.2) is 76.5 Å². The van der Waals surface area contributed by atoms with Gasteiger partial charge >= 0.3 is 0 Å². The van der Waals surface area contributed by atoms with E-state index in [0.29, 0.717) is 10.8 Å². The smallest absolute Gasteiger partial charge is 0.264 e. The standard InChI is InChI=1S/C27H30ClN3O7S2/c1-20-4-10-23(11-5-20)39(33,34)30-16-14-29(15-17-30)27(32)19-31(22-8-6-21(28)7-9-22)40(35,36)24-12-13-25(37-2)26(18-24)38-3/h4-13,18H,14-17,19H2,1-3H3. The summed E-state index contributed by atoms with van der Waals surface area (Å²) in [6.45, 7) is 1.79. The topological polar surface area (TPSA) is 114 Å². The minimum atomic E-state index is -4.23. The number of benzene rings is 3. The second-order valence-corrected chi connectivity index (χ2v) is 13.3. The predicted octanol–water partition coefficient (Wildman–Crippen LogP) is 3.39. The number of carbonyl (C=O) groups excluding carboxylic acids is 1. The highest BCUT2D eigenvalue weighted by molar-refractivity contribution is 7.92. The van der Waals surface area contributed by atoms with Crippen molar-refractivity contribution in [3.63, 3.8) is 0 Å². The normalized spacial score (nSPS) is 14.6. The van der Waals surface area contributed by atoms with Crippen LogP contribution in [0, 0.1) is 6.92 Å². The summed E-state index contributed by atoms with van der Waals surface area (Å²) in [6, 6.07) is 16.9. The third-order valence-electron chi connectivity index (χ3n) is 6.59. The number of carbonyl (C=O) groups is 1. The zero-order valence-electron chi connectivity index (χ0n) is 22.3. The summed E-state index contributed by atoms with van der Waals surface area (Å²) in [4.78, 5) is 15.0. The highest BCUT2D eigenvalue weighted by Gasteiger charge is 2.33. The van der Waals surface area contributed by atoms with Crippen LogP contribution in [-0.4, -0.2) is 78.9 Å². The molecular formula is C27H30ClN3O7S2. The van der Waals surface area contributed by atoms with Gasteiger partial charge in [-0.2, -0.15) is 4.31 Å². The number of ether oxygens (including phenoxy) is 2. The van der Waals surface area contributed by atoms with Crippen molar-refractivity contribution in [3.05, 3.63) is 77.3 Å². The molecule has 4 rings (SSSR count). The zero-order valence-corrected chi connectivity index (χ0v) is 24.7. The maximum atomic E-state index is 13.8. The zero-order chi connectivity index (χ0) is 29.1. The number of aryl methyl sites for hydroxylation is 1. The summed E-state index contributed by atoms with van der Waals surface area (Å²) < 4.78 is 66.5. The van der Waals surface area contributed by atoms with E-state index in [9.17, 15) is 21.6 Å². The van der Waals surface area contributed by atoms with Gasteiger partial charge in [0.15, 0.2) is 11.5 Å². The molecule has 1 aliphatic rings. The summed E-state index contributed by atoms with van der Waals surface area (Å²) >= 11 is 6.02. The van der Waals surface area contributed by atoms with Gasteiger partial charge in [-0.1, -0.05) is 29.3 Å². The van der Waals surface area contributed by atoms with Gasteiger partial charge in [0.2, 0.25) is 15.9 Å². The number of rotatable bonds is 9. The number of sulfonamides is 2. The van der Waals surface area contributed by atoms with Crippen molar-refractivity contribution in [2.75, 3.05) is 51.2 Å². The lowest BCUT2D eigenvalue weighted by Crippen LogP contribution is -2.53. The quantitative estimate of drug-likeness (QED) is 0.366. The van der Waals surface area contributed by atoms with Crippen LogP contribution in [-0.2, 0) is 24.8 Å². The van der Waals surface area contributed by atoms with E-state index in [1.54, 1.807) is 24.3 Å². The summed E-state index contributed by atoms with van der Waals surface area (Å²) in [5.74, 6) is 0.109. The van der Waals surface area contributed by atoms with Crippen LogP contribution in [0.25, 0.3) is 0 Å². The van der Waals surface area contributed by atoms with Gasteiger partial charge in [-0.3, -0.25) is 9.10 Å². The van der Waals surface area contributed by atoms with Gasteiger partial charge in [-0.05, 0) is 55.5 Å². The van der Waals surface area contributed by atoms with Gasteiger partial charge in [0.1, 0.15) is 6.54 Å². The molecule has 214 valence electrons. The lowest BCUT2D eigenvalue weighted by atomic mass is 10.2. The van der Waals surface area contributed by atoms with Crippen LogP contribution in [0.1, 0.15) is 5.56 Å². The second-order valence-electron chi connectivity index (χ2n) is 9.10. The minimum Gasteiger partial charge on any atom is -0.493 e. The second kappa shape index (κ2) is 12.0. The third kappa shape index (κ3) is 6.20. The summed E-state index contributed by atoms with van der Waals surface area (Å²) in [5, 5.41) is 0.407. The molecule has 13 heteroatoms. The SMILES string of the molecule is COc1ccc(S(=O)(=O)N(CC(=O)N2CCN(S(=O)(=O)c3ccc(C)cc3)CC2)c2ccc(Cl)cc2)cc1OC. The molecule has 0 radical (unpaired) electrons. The average molecular weight is 608 g/mol. The van der Waals surface area contributed by atoms with Crippen molar-refractivity contribution >= 4 is 43.2 Å². The Morgan fingerprint density at radius 1 is 0.825 bits per heavy atom. The van der Waals surface area contributed by atoms with Crippen LogP contribution < -0.4 is 13.8 Å². The van der Waals surface area contributed by atoms with E-state index < -0.39 is 32.5 Å². The molecule has 1 heterocycles. The molecule has 0 saturated carbocycles. The van der Waals surface area contributed by atoms with Crippen LogP contribution in [0.4, 0.5) is 5.69 Å². The van der Waals surface area contributed by atoms with Gasteiger partial charge < -0.3 is 14.4 Å². The Labute approximate surface area is 239 Å². The number of halogens is 1. The molecule has 1 amide bonds. The Balaban J connectivity index is 1.55. The molecule has 3 aromatic rings. The summed E-state index contributed by atoms with van der Waals surface area (Å²) in [5.41, 5.74) is 1.19. The van der Waals surface area contributed by atoms with Gasteiger partial charge in [-0.25, -0.2) is 16.8 Å². The van der Waals surface area contributed by atoms with Crippen LogP contribution in [0.5, 0.6) is 11.5 Å². The van der Waals surface area contributed by atoms with Crippen molar-refractivity contribution in [2.24, 2.45) is 0 Å². The van der Waals surface area contributed by atoms with Gasteiger partial charge in [-0.15, -0.1) is 0 Å². The Hall–Kier alpha value is -3.32. The first-order chi connectivity index (χ1) is 19.0. The first-order valence-electron chi connectivity index (χ1n) is 12.3. The molecule has 0 N–H and O–H groups in total. The average Bonchev–Trinajstić information content (AvgIpc) is 2.96. The highest BCUT2D eigenvalue weighted by Crippen LogP contribution is 2.32. The Morgan fingerprint density at radius 3 is 1.98 bits per heavy atom. The highest BCUT2D eigenvalue weighted by atomic mass is 35.5. The fourth-order valence-electron chi connectivity index (χ4n) is 4.29. The lowest BCUT2D eigenvalue weighted by Gasteiger charge is -2.35. The van der Waals surface area contributed by atoms with Crippen molar-refractivity contribution in [1.29, 1.82) is 0 Å². The van der Waals surface area contributed by atoms with E-state index in [-0.39, 0.29) is 47.4 Å². The summed E-state index contributed by atoms with van der Waals surface area (Å²) in [6.07, 6.45) is 0. The number of amides is 1. The van der Waals surface area contributed by atoms with E-state index in [4.69, 9.17) is 21.1 Å². The molecule has 0 atom stereocenters. The Kier molecular flexibility index (Phi) is 8.93. The van der Waals surface area contributed by atoms with E-state index in [1.165, 1.54) is 65.9 Å². The van der Waals surface area contributed by atoms with Crippen molar-refractivity contribution in [3.8, 4) is 11.5 Å². The number of hydrogen-bond acceptors (Lipinski definition) is 7. The lowest BCUT2D eigenvalue weighted by molar-refractivity contribution is -0.130. The summed E-state index contributed by atoms with van der Waals surface area (Å²) in [7, 11) is -5.11. The number of piperazine rings is 1. The molecule has 1 fully saturated rings. The van der Waals surface area contributed by atoms with Crippen molar-refractivity contribution < 1.29 is 31.1 Å². The first kappa shape index (κ1) is 29.7. The maximum absolute atomic E-state index is 13.8. The first-order valence-corrected chi connectivity index (χ1v) is 15.6. The van der Waals surface area contributed by atoms with Gasteiger partial charge in [0.25, 0.3) is 10.0 Å². The molecule has 0 spiro atoms. The molecule has 0 aromatic heterocycles. The molecule has 0 aliphatic carbocycles. The number of anilines is 1. The van der Waals surface area contributed by atoms with Crippen LogP contribution in [0.2, 0.25) is 5.02 Å². The fourth-order valence-corrected chi connectivity index (χ4v) is 7.26. The van der Waals surface area contributed by atoms with Crippen LogP contribution in [0.3, 0.4) is 0 Å². The number of nitrogens with zero attached hydrogens (tertiary/aromatic N) is 3. The van der Waals surface area contributed by atoms with Gasteiger partial charge in [0.05, 0.1) is 29.7 Å². The van der Waals surface area contributed by atoms with Crippen LogP contribution >= 0.6 is 11.6 Å². The molecular weight excluding hydrogens is 578 g/mol. The fraction of sp³-hybridized carbons (Fsp3) is 0.296. The largest absolute Gasteiger partial charge is 0.493 e. The van der Waals surface area contributed by atoms with E-state index in [1.807, 2.05) is 6.92 Å². The van der Waals surface area contributed by atoms with E-state index >= 15 is 0 Å². The molecule has 1 aliphatic heterocycles. The third-order valence-corrected chi connectivity index (χ3v) is 10.5. The van der Waals surface area contributed by atoms with E-state index in [2.05, 4.69) is 0 Å². The van der Waals surface area contributed by atoms with Crippen molar-refractivity contribution in [2.45, 2.75) is 16.7 Å². The molecule has 10 nitrogen and oxygen atoms in total. The molecule has 3 aromatic carbocycles. The number of hydrogen-bond donors (Lipinski definition) is 0.